The molecule has 0 fully saturated rings. The third-order valence-corrected chi connectivity index (χ3v) is 4.24. The lowest BCUT2D eigenvalue weighted by Crippen LogP contribution is -2.48. The van der Waals surface area contributed by atoms with E-state index in [1.807, 2.05) is 0 Å². The molecule has 0 spiro atoms. The van der Waals surface area contributed by atoms with E-state index in [1.165, 1.54) is 6.26 Å². The molecule has 0 atom stereocenters. The zero-order chi connectivity index (χ0) is 17.7. The van der Waals surface area contributed by atoms with Gasteiger partial charge in [-0.15, -0.1) is 4.83 Å². The van der Waals surface area contributed by atoms with Crippen LogP contribution in [0.4, 0.5) is 4.39 Å². The molecule has 0 aliphatic carbocycles. The number of sulfonamides is 1. The molecule has 24 heavy (non-hydrogen) atoms. The lowest BCUT2D eigenvalue weighted by atomic mass is 10.3. The number of furan rings is 1. The van der Waals surface area contributed by atoms with Gasteiger partial charge in [-0.25, -0.2) is 12.8 Å². The number of carbonyl (C=O) groups is 2. The van der Waals surface area contributed by atoms with Crippen LogP contribution >= 0.6 is 11.6 Å². The van der Waals surface area contributed by atoms with Crippen molar-refractivity contribution in [2.24, 2.45) is 0 Å². The maximum absolute atomic E-state index is 13.0. The van der Waals surface area contributed by atoms with Gasteiger partial charge in [-0.1, -0.05) is 11.6 Å². The molecule has 0 saturated carbocycles. The standard InChI is InChI=1S/C13H11ClFN3O5S/c14-10-6-9(3-4-11(10)15)24(21,22)18-17-13(20)12(19)16-7-8-2-1-5-23-8/h1-6,18H,7H2,(H,16,19)(H,17,20). The van der Waals surface area contributed by atoms with E-state index in [4.69, 9.17) is 16.0 Å². The summed E-state index contributed by atoms with van der Waals surface area (Å²) in [5.41, 5.74) is 1.73. The highest BCUT2D eigenvalue weighted by molar-refractivity contribution is 7.89. The van der Waals surface area contributed by atoms with Crippen molar-refractivity contribution in [1.29, 1.82) is 0 Å². The van der Waals surface area contributed by atoms with Gasteiger partial charge in [0, 0.05) is 0 Å². The van der Waals surface area contributed by atoms with Crippen molar-refractivity contribution in [3.05, 3.63) is 53.2 Å². The maximum Gasteiger partial charge on any atom is 0.324 e. The summed E-state index contributed by atoms with van der Waals surface area (Å²) in [6, 6.07) is 5.85. The summed E-state index contributed by atoms with van der Waals surface area (Å²) in [6.45, 7) is -0.0421. The fourth-order valence-corrected chi connectivity index (χ4v) is 2.64. The van der Waals surface area contributed by atoms with Gasteiger partial charge in [0.2, 0.25) is 0 Å². The Bertz CT molecular complexity index is 854. The average molecular weight is 376 g/mol. The molecular formula is C13H11ClFN3O5S. The van der Waals surface area contributed by atoms with Crippen molar-refractivity contribution in [3.8, 4) is 0 Å². The normalized spacial score (nSPS) is 11.1. The first kappa shape index (κ1) is 17.9. The molecule has 0 radical (unpaired) electrons. The maximum atomic E-state index is 13.0. The fraction of sp³-hybridized carbons (Fsp3) is 0.0769. The van der Waals surface area contributed by atoms with Crippen molar-refractivity contribution in [2.75, 3.05) is 0 Å². The minimum absolute atomic E-state index is 0.0421. The van der Waals surface area contributed by atoms with Gasteiger partial charge in [0.05, 0.1) is 22.7 Å². The smallest absolute Gasteiger partial charge is 0.324 e. The molecule has 2 amide bonds. The molecule has 1 heterocycles. The zero-order valence-corrected chi connectivity index (χ0v) is 13.4. The minimum Gasteiger partial charge on any atom is -0.467 e. The van der Waals surface area contributed by atoms with Crippen LogP contribution in [0.25, 0.3) is 0 Å². The molecule has 0 unspecified atom stereocenters. The van der Waals surface area contributed by atoms with Crippen molar-refractivity contribution in [2.45, 2.75) is 11.4 Å². The fourth-order valence-electron chi connectivity index (χ4n) is 1.53. The van der Waals surface area contributed by atoms with E-state index in [2.05, 4.69) is 5.32 Å². The molecule has 128 valence electrons. The van der Waals surface area contributed by atoms with Crippen LogP contribution in [0.5, 0.6) is 0 Å². The molecule has 0 bridgehead atoms. The van der Waals surface area contributed by atoms with E-state index in [0.717, 1.165) is 18.2 Å². The number of carbonyl (C=O) groups excluding carboxylic acids is 2. The van der Waals surface area contributed by atoms with Gasteiger partial charge >= 0.3 is 11.8 Å². The molecular weight excluding hydrogens is 365 g/mol. The highest BCUT2D eigenvalue weighted by Gasteiger charge is 2.19. The number of hydrogen-bond acceptors (Lipinski definition) is 5. The van der Waals surface area contributed by atoms with E-state index >= 15 is 0 Å². The molecule has 0 aliphatic heterocycles. The number of hydrazine groups is 1. The molecule has 0 saturated heterocycles. The molecule has 1 aromatic carbocycles. The zero-order valence-electron chi connectivity index (χ0n) is 11.9. The lowest BCUT2D eigenvalue weighted by Gasteiger charge is -2.09. The van der Waals surface area contributed by atoms with E-state index in [1.54, 1.807) is 22.4 Å². The third-order valence-electron chi connectivity index (χ3n) is 2.71. The van der Waals surface area contributed by atoms with Crippen LogP contribution < -0.4 is 15.6 Å². The topological polar surface area (TPSA) is 118 Å². The quantitative estimate of drug-likeness (QED) is 0.525. The Morgan fingerprint density at radius 1 is 1.21 bits per heavy atom. The second kappa shape index (κ2) is 7.43. The van der Waals surface area contributed by atoms with E-state index < -0.39 is 32.7 Å². The Balaban J connectivity index is 1.91. The van der Waals surface area contributed by atoms with Crippen LogP contribution in [0.2, 0.25) is 5.02 Å². The first-order chi connectivity index (χ1) is 11.3. The number of hydrogen-bond donors (Lipinski definition) is 3. The Kier molecular flexibility index (Phi) is 5.54. The predicted molar refractivity (Wildman–Crippen MR) is 80.4 cm³/mol. The van der Waals surface area contributed by atoms with Crippen molar-refractivity contribution < 1.29 is 26.8 Å². The number of amides is 2. The van der Waals surface area contributed by atoms with Gasteiger partial charge in [0.15, 0.2) is 0 Å². The van der Waals surface area contributed by atoms with Gasteiger partial charge in [-0.2, -0.15) is 0 Å². The van der Waals surface area contributed by atoms with Gasteiger partial charge < -0.3 is 9.73 Å². The van der Waals surface area contributed by atoms with Crippen LogP contribution in [0.3, 0.4) is 0 Å². The highest BCUT2D eigenvalue weighted by atomic mass is 35.5. The third kappa shape index (κ3) is 4.54. The Morgan fingerprint density at radius 2 is 1.96 bits per heavy atom. The van der Waals surface area contributed by atoms with Crippen molar-refractivity contribution in [1.82, 2.24) is 15.6 Å². The van der Waals surface area contributed by atoms with Gasteiger partial charge in [0.1, 0.15) is 11.6 Å². The highest BCUT2D eigenvalue weighted by Crippen LogP contribution is 2.18. The second-order valence-electron chi connectivity index (χ2n) is 4.40. The molecule has 2 aromatic rings. The monoisotopic (exact) mass is 375 g/mol. The molecule has 8 nitrogen and oxygen atoms in total. The van der Waals surface area contributed by atoms with E-state index in [9.17, 15) is 22.4 Å². The van der Waals surface area contributed by atoms with Crippen LogP contribution in [0.1, 0.15) is 5.76 Å². The molecule has 1 aromatic heterocycles. The summed E-state index contributed by atoms with van der Waals surface area (Å²) >= 11 is 5.50. The Hall–Kier alpha value is -2.43. The van der Waals surface area contributed by atoms with Crippen molar-refractivity contribution in [3.63, 3.8) is 0 Å². The van der Waals surface area contributed by atoms with E-state index in [0.29, 0.717) is 5.76 Å². The summed E-state index contributed by atoms with van der Waals surface area (Å²) in [4.78, 5) is 24.4. The second-order valence-corrected chi connectivity index (χ2v) is 6.49. The van der Waals surface area contributed by atoms with Crippen LogP contribution in [0, 0.1) is 5.82 Å². The number of nitrogens with one attached hydrogen (secondary N) is 3. The SMILES string of the molecule is O=C(NCc1ccco1)C(=O)NNS(=O)(=O)c1ccc(F)c(Cl)c1. The minimum atomic E-state index is -4.22. The number of rotatable bonds is 5. The molecule has 11 heteroatoms. The van der Waals surface area contributed by atoms with Crippen molar-refractivity contribution >= 4 is 33.4 Å². The van der Waals surface area contributed by atoms with Gasteiger partial charge in [0.25, 0.3) is 10.0 Å². The largest absolute Gasteiger partial charge is 0.467 e. The number of halogens is 2. The Labute approximate surface area is 141 Å². The average Bonchev–Trinajstić information content (AvgIpc) is 3.06. The van der Waals surface area contributed by atoms with Crippen LogP contribution in [-0.2, 0) is 26.2 Å². The summed E-state index contributed by atoms with van der Waals surface area (Å²) in [7, 11) is -4.22. The van der Waals surface area contributed by atoms with E-state index in [-0.39, 0.29) is 11.4 Å². The molecule has 0 aliphatic rings. The van der Waals surface area contributed by atoms with Crippen LogP contribution in [0.15, 0.2) is 45.9 Å². The lowest BCUT2D eigenvalue weighted by molar-refractivity contribution is -0.139. The summed E-state index contributed by atoms with van der Waals surface area (Å²) in [5.74, 6) is -2.70. The van der Waals surface area contributed by atoms with Gasteiger partial charge in [-0.05, 0) is 30.3 Å². The Morgan fingerprint density at radius 3 is 2.58 bits per heavy atom. The molecule has 3 N–H and O–H groups in total. The summed E-state index contributed by atoms with van der Waals surface area (Å²) < 4.78 is 41.8. The molecule has 2 rings (SSSR count). The number of benzene rings is 1. The first-order valence-electron chi connectivity index (χ1n) is 6.37. The summed E-state index contributed by atoms with van der Waals surface area (Å²) in [5, 5.41) is 1.82. The van der Waals surface area contributed by atoms with Gasteiger partial charge in [-0.3, -0.25) is 15.0 Å². The first-order valence-corrected chi connectivity index (χ1v) is 8.23. The van der Waals surface area contributed by atoms with Crippen LogP contribution in [-0.4, -0.2) is 20.2 Å². The summed E-state index contributed by atoms with van der Waals surface area (Å²) in [6.07, 6.45) is 1.39. The predicted octanol–water partition coefficient (Wildman–Crippen LogP) is 0.698.